The average molecular weight is 390 g/mol. The SMILES string of the molecule is Nc1ncnc2[nH]ccc12.OCC(O)C(O)CC(O)c1ccc2c(c1)CC2F. The highest BCUT2D eigenvalue weighted by molar-refractivity contribution is 5.85. The quantitative estimate of drug-likeness (QED) is 0.379. The summed E-state index contributed by atoms with van der Waals surface area (Å²) in [5.41, 5.74) is 8.43. The zero-order chi connectivity index (χ0) is 20.3. The van der Waals surface area contributed by atoms with Gasteiger partial charge in [-0.1, -0.05) is 18.2 Å². The number of aromatic nitrogens is 3. The third kappa shape index (κ3) is 4.28. The number of H-pyrrole nitrogens is 1. The minimum Gasteiger partial charge on any atom is -0.394 e. The van der Waals surface area contributed by atoms with Gasteiger partial charge in [-0.2, -0.15) is 0 Å². The van der Waals surface area contributed by atoms with Gasteiger partial charge in [0.25, 0.3) is 0 Å². The van der Waals surface area contributed by atoms with Crippen LogP contribution in [0.5, 0.6) is 0 Å². The molecule has 150 valence electrons. The van der Waals surface area contributed by atoms with Gasteiger partial charge in [0.05, 0.1) is 24.2 Å². The van der Waals surface area contributed by atoms with Crippen molar-refractivity contribution < 1.29 is 24.8 Å². The largest absolute Gasteiger partial charge is 0.394 e. The van der Waals surface area contributed by atoms with E-state index in [-0.39, 0.29) is 6.42 Å². The molecule has 0 spiro atoms. The number of anilines is 1. The minimum atomic E-state index is -1.26. The maximum absolute atomic E-state index is 13.0. The van der Waals surface area contributed by atoms with Gasteiger partial charge in [-0.05, 0) is 22.8 Å². The maximum atomic E-state index is 13.0. The van der Waals surface area contributed by atoms with Gasteiger partial charge < -0.3 is 31.1 Å². The van der Waals surface area contributed by atoms with E-state index in [1.165, 1.54) is 6.33 Å². The second kappa shape index (κ2) is 8.61. The number of benzene rings is 1. The molecule has 0 amide bonds. The number of nitrogens with one attached hydrogen (secondary N) is 1. The van der Waals surface area contributed by atoms with Crippen molar-refractivity contribution in [2.45, 2.75) is 37.3 Å². The van der Waals surface area contributed by atoms with Crippen LogP contribution in [0.4, 0.5) is 10.2 Å². The second-order valence-corrected chi connectivity index (χ2v) is 6.70. The first kappa shape index (κ1) is 20.2. The van der Waals surface area contributed by atoms with Gasteiger partial charge in [0.2, 0.25) is 0 Å². The first-order valence-corrected chi connectivity index (χ1v) is 8.86. The first-order chi connectivity index (χ1) is 13.4. The van der Waals surface area contributed by atoms with Gasteiger partial charge in [0.1, 0.15) is 30.1 Å². The third-order valence-corrected chi connectivity index (χ3v) is 4.77. The Morgan fingerprint density at radius 1 is 1.18 bits per heavy atom. The van der Waals surface area contributed by atoms with Crippen molar-refractivity contribution in [1.29, 1.82) is 0 Å². The van der Waals surface area contributed by atoms with Crippen LogP contribution >= 0.6 is 0 Å². The molecule has 2 aromatic heterocycles. The van der Waals surface area contributed by atoms with Gasteiger partial charge in [0, 0.05) is 19.0 Å². The number of nitrogens with zero attached hydrogens (tertiary/aromatic N) is 2. The topological polar surface area (TPSA) is 149 Å². The number of hydrogen-bond donors (Lipinski definition) is 6. The minimum absolute atomic E-state index is 0.0699. The normalized spacial score (nSPS) is 18.4. The Bertz CT molecular complexity index is 935. The Kier molecular flexibility index (Phi) is 6.20. The van der Waals surface area contributed by atoms with Gasteiger partial charge in [-0.15, -0.1) is 0 Å². The monoisotopic (exact) mass is 390 g/mol. The van der Waals surface area contributed by atoms with Crippen LogP contribution in [0.2, 0.25) is 0 Å². The van der Waals surface area contributed by atoms with Crippen molar-refractivity contribution in [2.75, 3.05) is 12.3 Å². The molecule has 0 saturated carbocycles. The zero-order valence-corrected chi connectivity index (χ0v) is 15.0. The van der Waals surface area contributed by atoms with Crippen LogP contribution in [-0.4, -0.2) is 54.2 Å². The van der Waals surface area contributed by atoms with Crippen LogP contribution in [0.3, 0.4) is 0 Å². The molecule has 8 nitrogen and oxygen atoms in total. The summed E-state index contributed by atoms with van der Waals surface area (Å²) < 4.78 is 13.0. The number of rotatable bonds is 5. The summed E-state index contributed by atoms with van der Waals surface area (Å²) in [7, 11) is 0. The van der Waals surface area contributed by atoms with Crippen LogP contribution in [-0.2, 0) is 6.42 Å². The zero-order valence-electron chi connectivity index (χ0n) is 15.0. The summed E-state index contributed by atoms with van der Waals surface area (Å²) in [6.07, 6.45) is -0.786. The van der Waals surface area contributed by atoms with Crippen molar-refractivity contribution in [3.8, 4) is 0 Å². The molecule has 4 unspecified atom stereocenters. The molecule has 0 bridgehead atoms. The van der Waals surface area contributed by atoms with Gasteiger partial charge in [0.15, 0.2) is 0 Å². The van der Waals surface area contributed by atoms with E-state index in [9.17, 15) is 19.7 Å². The van der Waals surface area contributed by atoms with E-state index in [0.717, 1.165) is 16.6 Å². The Labute approximate surface area is 160 Å². The third-order valence-electron chi connectivity index (χ3n) is 4.77. The van der Waals surface area contributed by atoms with Gasteiger partial charge in [-0.3, -0.25) is 0 Å². The molecular weight excluding hydrogens is 367 g/mol. The molecule has 1 aromatic carbocycles. The summed E-state index contributed by atoms with van der Waals surface area (Å²) in [4.78, 5) is 10.7. The fourth-order valence-electron chi connectivity index (χ4n) is 3.02. The summed E-state index contributed by atoms with van der Waals surface area (Å²) in [6, 6.07) is 6.82. The standard InChI is InChI=1S/C13H17FO4.C6H6N4/c14-10-4-8-3-7(1-2-9(8)10)11(16)5-12(17)13(18)6-15;7-5-4-1-2-8-6(4)10-3-9-5/h1-3,10-13,15-18H,4-6H2;1-3H,(H3,7,8,9,10). The number of hydrogen-bond acceptors (Lipinski definition) is 7. The molecule has 0 aliphatic heterocycles. The van der Waals surface area contributed by atoms with E-state index in [1.54, 1.807) is 24.4 Å². The molecule has 0 fully saturated rings. The number of halogens is 1. The highest BCUT2D eigenvalue weighted by atomic mass is 19.1. The van der Waals surface area contributed by atoms with Crippen molar-refractivity contribution >= 4 is 16.9 Å². The van der Waals surface area contributed by atoms with E-state index in [1.807, 2.05) is 6.07 Å². The Morgan fingerprint density at radius 3 is 2.61 bits per heavy atom. The van der Waals surface area contributed by atoms with Crippen LogP contribution in [0.1, 0.15) is 35.4 Å². The number of alkyl halides is 1. The first-order valence-electron chi connectivity index (χ1n) is 8.86. The Balaban J connectivity index is 0.000000188. The molecule has 9 heteroatoms. The van der Waals surface area contributed by atoms with Crippen molar-refractivity contribution in [1.82, 2.24) is 15.0 Å². The lowest BCUT2D eigenvalue weighted by Gasteiger charge is -2.26. The lowest BCUT2D eigenvalue weighted by molar-refractivity contribution is -0.0368. The number of aliphatic hydroxyl groups is 4. The predicted octanol–water partition coefficient (Wildman–Crippen LogP) is 0.931. The van der Waals surface area contributed by atoms with E-state index in [0.29, 0.717) is 23.4 Å². The van der Waals surface area contributed by atoms with Crippen molar-refractivity contribution in [3.05, 3.63) is 53.5 Å². The molecule has 1 aliphatic carbocycles. The molecular formula is C19H23FN4O4. The Hall–Kier alpha value is -2.59. The summed E-state index contributed by atoms with van der Waals surface area (Å²) in [6.45, 7) is -0.554. The number of fused-ring (bicyclic) bond motifs is 2. The van der Waals surface area contributed by atoms with Crippen LogP contribution in [0, 0.1) is 0 Å². The Morgan fingerprint density at radius 2 is 1.96 bits per heavy atom. The second-order valence-electron chi connectivity index (χ2n) is 6.70. The van der Waals surface area contributed by atoms with E-state index in [4.69, 9.17) is 10.8 Å². The van der Waals surface area contributed by atoms with Gasteiger partial charge in [-0.25, -0.2) is 14.4 Å². The number of nitrogens with two attached hydrogens (primary N) is 1. The van der Waals surface area contributed by atoms with Crippen LogP contribution < -0.4 is 5.73 Å². The smallest absolute Gasteiger partial charge is 0.142 e. The highest BCUT2D eigenvalue weighted by Crippen LogP contribution is 2.37. The van der Waals surface area contributed by atoms with Crippen LogP contribution in [0.15, 0.2) is 36.8 Å². The fourth-order valence-corrected chi connectivity index (χ4v) is 3.02. The maximum Gasteiger partial charge on any atom is 0.142 e. The molecule has 7 N–H and O–H groups in total. The molecule has 2 heterocycles. The number of aromatic amines is 1. The number of nitrogen functional groups attached to an aromatic ring is 1. The lowest BCUT2D eigenvalue weighted by Crippen LogP contribution is -2.30. The summed E-state index contributed by atoms with van der Waals surface area (Å²) >= 11 is 0. The molecule has 4 rings (SSSR count). The van der Waals surface area contributed by atoms with Crippen molar-refractivity contribution in [2.24, 2.45) is 0 Å². The predicted molar refractivity (Wildman–Crippen MR) is 101 cm³/mol. The fraction of sp³-hybridized carbons (Fsp3) is 0.368. The molecule has 4 atom stereocenters. The summed E-state index contributed by atoms with van der Waals surface area (Å²) in [5.74, 6) is 0.520. The van der Waals surface area contributed by atoms with Crippen molar-refractivity contribution in [3.63, 3.8) is 0 Å². The lowest BCUT2D eigenvalue weighted by atomic mass is 9.84. The van der Waals surface area contributed by atoms with Gasteiger partial charge >= 0.3 is 0 Å². The van der Waals surface area contributed by atoms with E-state index in [2.05, 4.69) is 15.0 Å². The average Bonchev–Trinajstić information content (AvgIpc) is 3.16. The molecule has 28 heavy (non-hydrogen) atoms. The summed E-state index contributed by atoms with van der Waals surface area (Å²) in [5, 5.41) is 38.2. The molecule has 0 saturated heterocycles. The van der Waals surface area contributed by atoms with Crippen LogP contribution in [0.25, 0.3) is 11.0 Å². The highest BCUT2D eigenvalue weighted by Gasteiger charge is 2.27. The number of aliphatic hydroxyl groups excluding tert-OH is 4. The van der Waals surface area contributed by atoms with E-state index < -0.39 is 31.1 Å². The molecule has 1 aliphatic rings. The molecule has 0 radical (unpaired) electrons. The van der Waals surface area contributed by atoms with E-state index >= 15 is 0 Å². The molecule has 3 aromatic rings.